The second kappa shape index (κ2) is 10.6. The van der Waals surface area contributed by atoms with Crippen molar-refractivity contribution < 1.29 is 28.6 Å². The molecule has 0 aliphatic rings. The monoisotopic (exact) mass is 452 g/mol. The molecule has 1 atom stereocenters. The van der Waals surface area contributed by atoms with Crippen molar-refractivity contribution in [3.63, 3.8) is 0 Å². The molecule has 7 nitrogen and oxygen atoms in total. The van der Waals surface area contributed by atoms with Crippen LogP contribution in [0, 0.1) is 5.82 Å². The fourth-order valence-corrected chi connectivity index (χ4v) is 2.90. The van der Waals surface area contributed by atoms with E-state index < -0.39 is 29.6 Å². The first kappa shape index (κ1) is 24.6. The average molecular weight is 453 g/mol. The zero-order valence-electron chi connectivity index (χ0n) is 17.8. The van der Waals surface area contributed by atoms with E-state index in [4.69, 9.17) is 16.3 Å². The number of amides is 1. The summed E-state index contributed by atoms with van der Waals surface area (Å²) in [5, 5.41) is 11.8. The van der Waals surface area contributed by atoms with Crippen LogP contribution in [0.25, 0.3) is 11.1 Å². The third-order valence-corrected chi connectivity index (χ3v) is 4.32. The Hall–Kier alpha value is -2.68. The van der Waals surface area contributed by atoms with Crippen LogP contribution in [0.2, 0.25) is 5.02 Å². The third-order valence-electron chi connectivity index (χ3n) is 4.08. The summed E-state index contributed by atoms with van der Waals surface area (Å²) in [6.45, 7) is 5.07. The summed E-state index contributed by atoms with van der Waals surface area (Å²) in [6, 6.07) is 11.2. The molecule has 0 saturated heterocycles. The summed E-state index contributed by atoms with van der Waals surface area (Å²) in [5.74, 6) is -1.23. The van der Waals surface area contributed by atoms with Crippen LogP contribution in [0.3, 0.4) is 0 Å². The van der Waals surface area contributed by atoms with Gasteiger partial charge in [0, 0.05) is 17.1 Å². The molecule has 31 heavy (non-hydrogen) atoms. The Morgan fingerprint density at radius 3 is 2.42 bits per heavy atom. The predicted octanol–water partition coefficient (Wildman–Crippen LogP) is 3.92. The SMILES string of the molecule is COC(=O)[C@H](O)CN(Cc1ccc(-c2cc(Cl)ccc2F)cc1)NC(=O)OC(C)(C)C. The number of methoxy groups -OCH3 is 1. The van der Waals surface area contributed by atoms with E-state index in [-0.39, 0.29) is 13.1 Å². The number of rotatable bonds is 7. The highest BCUT2D eigenvalue weighted by Gasteiger charge is 2.23. The molecular weight excluding hydrogens is 427 g/mol. The number of nitrogens with one attached hydrogen (secondary N) is 1. The molecule has 0 bridgehead atoms. The van der Waals surface area contributed by atoms with Crippen LogP contribution in [0.1, 0.15) is 26.3 Å². The van der Waals surface area contributed by atoms with Crippen LogP contribution in [-0.4, -0.2) is 47.5 Å². The molecule has 0 heterocycles. The summed E-state index contributed by atoms with van der Waals surface area (Å²) in [6.07, 6.45) is -2.21. The number of aliphatic hydroxyl groups is 1. The smallest absolute Gasteiger partial charge is 0.422 e. The van der Waals surface area contributed by atoms with E-state index in [1.165, 1.54) is 23.2 Å². The van der Waals surface area contributed by atoms with Gasteiger partial charge >= 0.3 is 12.1 Å². The van der Waals surface area contributed by atoms with Gasteiger partial charge in [0.05, 0.1) is 13.7 Å². The van der Waals surface area contributed by atoms with E-state index in [9.17, 15) is 19.1 Å². The minimum Gasteiger partial charge on any atom is -0.467 e. The maximum Gasteiger partial charge on any atom is 0.422 e. The molecule has 0 aromatic heterocycles. The molecule has 0 spiro atoms. The molecule has 0 saturated carbocycles. The summed E-state index contributed by atoms with van der Waals surface area (Å²) in [7, 11) is 1.16. The number of ether oxygens (including phenoxy) is 2. The van der Waals surface area contributed by atoms with Crippen LogP contribution in [-0.2, 0) is 20.8 Å². The van der Waals surface area contributed by atoms with Crippen LogP contribution < -0.4 is 5.43 Å². The lowest BCUT2D eigenvalue weighted by atomic mass is 10.0. The van der Waals surface area contributed by atoms with Gasteiger partial charge in [-0.3, -0.25) is 5.43 Å². The van der Waals surface area contributed by atoms with Gasteiger partial charge in [-0.15, -0.1) is 0 Å². The number of esters is 1. The van der Waals surface area contributed by atoms with Gasteiger partial charge < -0.3 is 14.6 Å². The Bertz CT molecular complexity index is 915. The molecule has 0 aliphatic carbocycles. The lowest BCUT2D eigenvalue weighted by Crippen LogP contribution is -2.48. The van der Waals surface area contributed by atoms with Crippen molar-refractivity contribution in [3.8, 4) is 11.1 Å². The van der Waals surface area contributed by atoms with E-state index in [0.29, 0.717) is 16.1 Å². The van der Waals surface area contributed by atoms with Crippen LogP contribution in [0.5, 0.6) is 0 Å². The predicted molar refractivity (Wildman–Crippen MR) is 115 cm³/mol. The third kappa shape index (κ3) is 7.82. The number of hydrazine groups is 1. The zero-order chi connectivity index (χ0) is 23.2. The van der Waals surface area contributed by atoms with Gasteiger partial charge in [0.1, 0.15) is 11.4 Å². The lowest BCUT2D eigenvalue weighted by Gasteiger charge is -2.27. The maximum atomic E-state index is 14.1. The topological polar surface area (TPSA) is 88.1 Å². The number of hydrogen-bond acceptors (Lipinski definition) is 6. The van der Waals surface area contributed by atoms with E-state index in [0.717, 1.165) is 12.7 Å². The van der Waals surface area contributed by atoms with Gasteiger partial charge in [-0.2, -0.15) is 0 Å². The second-order valence-electron chi connectivity index (χ2n) is 7.85. The molecule has 2 rings (SSSR count). The minimum absolute atomic E-state index is 0.144. The Kier molecular flexibility index (Phi) is 8.38. The first-order valence-corrected chi connectivity index (χ1v) is 9.91. The Balaban J connectivity index is 2.17. The van der Waals surface area contributed by atoms with Crippen molar-refractivity contribution >= 4 is 23.7 Å². The Labute approximate surface area is 185 Å². The van der Waals surface area contributed by atoms with E-state index in [1.54, 1.807) is 45.0 Å². The van der Waals surface area contributed by atoms with Gasteiger partial charge in [-0.1, -0.05) is 35.9 Å². The van der Waals surface area contributed by atoms with Gasteiger partial charge in [0.2, 0.25) is 0 Å². The van der Waals surface area contributed by atoms with Crippen molar-refractivity contribution in [1.82, 2.24) is 10.4 Å². The number of benzene rings is 2. The van der Waals surface area contributed by atoms with E-state index in [1.807, 2.05) is 0 Å². The largest absolute Gasteiger partial charge is 0.467 e. The number of hydrogen-bond donors (Lipinski definition) is 2. The van der Waals surface area contributed by atoms with Crippen molar-refractivity contribution in [1.29, 1.82) is 0 Å². The maximum absolute atomic E-state index is 14.1. The van der Waals surface area contributed by atoms with Gasteiger partial charge in [-0.05, 0) is 50.1 Å². The molecule has 9 heteroatoms. The molecule has 2 aromatic carbocycles. The van der Waals surface area contributed by atoms with Gasteiger partial charge in [0.25, 0.3) is 0 Å². The number of carbonyl (C=O) groups is 2. The van der Waals surface area contributed by atoms with Crippen molar-refractivity contribution in [2.45, 2.75) is 39.0 Å². The molecule has 168 valence electrons. The van der Waals surface area contributed by atoms with Crippen LogP contribution in [0.15, 0.2) is 42.5 Å². The highest BCUT2D eigenvalue weighted by Crippen LogP contribution is 2.26. The van der Waals surface area contributed by atoms with Crippen molar-refractivity contribution in [2.75, 3.05) is 13.7 Å². The fourth-order valence-electron chi connectivity index (χ4n) is 2.73. The first-order valence-electron chi connectivity index (χ1n) is 9.53. The normalized spacial score (nSPS) is 12.4. The summed E-state index contributed by atoms with van der Waals surface area (Å²) >= 11 is 5.96. The van der Waals surface area contributed by atoms with E-state index in [2.05, 4.69) is 10.2 Å². The first-order chi connectivity index (χ1) is 14.5. The molecule has 0 aliphatic heterocycles. The second-order valence-corrected chi connectivity index (χ2v) is 8.29. The molecule has 0 radical (unpaired) electrons. The quantitative estimate of drug-likeness (QED) is 0.489. The highest BCUT2D eigenvalue weighted by atomic mass is 35.5. The van der Waals surface area contributed by atoms with Crippen molar-refractivity contribution in [3.05, 3.63) is 58.9 Å². The average Bonchev–Trinajstić information content (AvgIpc) is 2.68. The number of aliphatic hydroxyl groups excluding tert-OH is 1. The molecular formula is C22H26ClFN2O5. The summed E-state index contributed by atoms with van der Waals surface area (Å²) in [4.78, 5) is 23.7. The number of carbonyl (C=O) groups excluding carboxylic acids is 2. The minimum atomic E-state index is -1.47. The molecule has 1 amide bonds. The van der Waals surface area contributed by atoms with E-state index >= 15 is 0 Å². The summed E-state index contributed by atoms with van der Waals surface area (Å²) < 4.78 is 23.9. The fraction of sp³-hybridized carbons (Fsp3) is 0.364. The number of halogens is 2. The van der Waals surface area contributed by atoms with Gasteiger partial charge in [-0.25, -0.2) is 19.0 Å². The summed E-state index contributed by atoms with van der Waals surface area (Å²) in [5.41, 5.74) is 3.53. The molecule has 0 unspecified atom stereocenters. The number of nitrogens with zero attached hydrogens (tertiary/aromatic N) is 1. The van der Waals surface area contributed by atoms with Crippen LogP contribution in [0.4, 0.5) is 9.18 Å². The van der Waals surface area contributed by atoms with Crippen LogP contribution >= 0.6 is 11.6 Å². The highest BCUT2D eigenvalue weighted by molar-refractivity contribution is 6.30. The molecule has 0 fully saturated rings. The van der Waals surface area contributed by atoms with Crippen molar-refractivity contribution in [2.24, 2.45) is 0 Å². The molecule has 2 N–H and O–H groups in total. The Morgan fingerprint density at radius 1 is 1.19 bits per heavy atom. The lowest BCUT2D eigenvalue weighted by molar-refractivity contribution is -0.152. The zero-order valence-corrected chi connectivity index (χ0v) is 18.6. The Morgan fingerprint density at radius 2 is 1.84 bits per heavy atom. The van der Waals surface area contributed by atoms with Gasteiger partial charge in [0.15, 0.2) is 6.10 Å². The standard InChI is InChI=1S/C22H26ClFN2O5/c1-22(2,3)31-21(29)25-26(13-19(27)20(28)30-4)12-14-5-7-15(8-6-14)17-11-16(23)9-10-18(17)24/h5-11,19,27H,12-13H2,1-4H3,(H,25,29)/t19-/m1/s1. The molecule has 2 aromatic rings.